The number of aromatic nitrogens is 1. The molecule has 0 unspecified atom stereocenters. The second-order valence-corrected chi connectivity index (χ2v) is 7.56. The number of ether oxygens (including phenoxy) is 2. The van der Waals surface area contributed by atoms with Crippen LogP contribution in [-0.4, -0.2) is 30.2 Å². The van der Waals surface area contributed by atoms with Gasteiger partial charge in [-0.05, 0) is 23.8 Å². The number of anilines is 1. The van der Waals surface area contributed by atoms with E-state index in [2.05, 4.69) is 4.98 Å². The monoisotopic (exact) mass is 422 g/mol. The van der Waals surface area contributed by atoms with Crippen LogP contribution >= 0.6 is 11.6 Å². The first-order chi connectivity index (χ1) is 14.7. The number of carbonyl (C=O) groups excluding carboxylic acids is 1. The summed E-state index contributed by atoms with van der Waals surface area (Å²) in [5.74, 6) is 0.187. The van der Waals surface area contributed by atoms with E-state index in [4.69, 9.17) is 21.1 Å². The molecule has 1 amide bonds. The quantitative estimate of drug-likeness (QED) is 0.552. The molecule has 0 N–H and O–H groups in total. The molecule has 30 heavy (non-hydrogen) atoms. The minimum atomic E-state index is -0.169. The third kappa shape index (κ3) is 4.99. The lowest BCUT2D eigenvalue weighted by Gasteiger charge is -2.24. The van der Waals surface area contributed by atoms with Crippen molar-refractivity contribution in [2.45, 2.75) is 25.5 Å². The number of rotatable bonds is 6. The lowest BCUT2D eigenvalue weighted by Crippen LogP contribution is -2.30. The molecule has 0 spiro atoms. The largest absolute Gasteiger partial charge is 0.473 e. The first kappa shape index (κ1) is 20.4. The standard InChI is InChI=1S/C24H23ClN2O3/c25-22-15-19(16-26-23(22)30-21-11-13-29-14-12-21)24(28)27(20-9-5-2-6-10-20)17-18-7-3-1-4-8-18/h1-10,15-16,21H,11-14,17H2. The Morgan fingerprint density at radius 2 is 1.73 bits per heavy atom. The maximum atomic E-state index is 13.4. The molecule has 1 fully saturated rings. The molecule has 0 aliphatic carbocycles. The Morgan fingerprint density at radius 3 is 2.40 bits per heavy atom. The van der Waals surface area contributed by atoms with Crippen LogP contribution in [-0.2, 0) is 11.3 Å². The molecule has 0 bridgehead atoms. The molecule has 0 atom stereocenters. The molecule has 6 heteroatoms. The van der Waals surface area contributed by atoms with Gasteiger partial charge in [0.25, 0.3) is 5.91 Å². The Kier molecular flexibility index (Phi) is 6.62. The van der Waals surface area contributed by atoms with Crippen molar-refractivity contribution in [2.24, 2.45) is 0 Å². The summed E-state index contributed by atoms with van der Waals surface area (Å²) >= 11 is 6.41. The van der Waals surface area contributed by atoms with Gasteiger partial charge in [0.15, 0.2) is 0 Å². The average molecular weight is 423 g/mol. The molecule has 1 aromatic heterocycles. The average Bonchev–Trinajstić information content (AvgIpc) is 2.80. The van der Waals surface area contributed by atoms with E-state index in [0.29, 0.717) is 36.2 Å². The van der Waals surface area contributed by atoms with E-state index in [1.807, 2.05) is 60.7 Å². The van der Waals surface area contributed by atoms with E-state index in [-0.39, 0.29) is 12.0 Å². The van der Waals surface area contributed by atoms with Gasteiger partial charge in [-0.1, -0.05) is 60.1 Å². The van der Waals surface area contributed by atoms with Crippen molar-refractivity contribution in [2.75, 3.05) is 18.1 Å². The number of amides is 1. The van der Waals surface area contributed by atoms with Crippen molar-refractivity contribution in [1.82, 2.24) is 4.98 Å². The van der Waals surface area contributed by atoms with Crippen LogP contribution in [0.15, 0.2) is 72.9 Å². The second-order valence-electron chi connectivity index (χ2n) is 7.15. The summed E-state index contributed by atoms with van der Waals surface area (Å²) in [4.78, 5) is 19.4. The van der Waals surface area contributed by atoms with Gasteiger partial charge in [0.05, 0.1) is 25.3 Å². The van der Waals surface area contributed by atoms with Crippen molar-refractivity contribution in [1.29, 1.82) is 0 Å². The molecule has 1 aliphatic rings. The topological polar surface area (TPSA) is 51.7 Å². The summed E-state index contributed by atoms with van der Waals surface area (Å²) in [6, 6.07) is 21.1. The van der Waals surface area contributed by atoms with Crippen LogP contribution in [0.1, 0.15) is 28.8 Å². The van der Waals surface area contributed by atoms with Gasteiger partial charge in [-0.3, -0.25) is 4.79 Å². The molecular weight excluding hydrogens is 400 g/mol. The van der Waals surface area contributed by atoms with Crippen LogP contribution in [0.25, 0.3) is 0 Å². The fraction of sp³-hybridized carbons (Fsp3) is 0.250. The molecular formula is C24H23ClN2O3. The van der Waals surface area contributed by atoms with Crippen molar-refractivity contribution >= 4 is 23.2 Å². The van der Waals surface area contributed by atoms with E-state index >= 15 is 0 Å². The summed E-state index contributed by atoms with van der Waals surface area (Å²) in [5, 5.41) is 0.333. The van der Waals surface area contributed by atoms with Gasteiger partial charge in [-0.25, -0.2) is 4.98 Å². The highest BCUT2D eigenvalue weighted by Gasteiger charge is 2.22. The van der Waals surface area contributed by atoms with Crippen molar-refractivity contribution < 1.29 is 14.3 Å². The van der Waals surface area contributed by atoms with Crippen molar-refractivity contribution in [3.63, 3.8) is 0 Å². The Bertz CT molecular complexity index is 976. The van der Waals surface area contributed by atoms with Crippen LogP contribution < -0.4 is 9.64 Å². The maximum absolute atomic E-state index is 13.4. The zero-order chi connectivity index (χ0) is 20.8. The SMILES string of the molecule is O=C(c1cnc(OC2CCOCC2)c(Cl)c1)N(Cc1ccccc1)c1ccccc1. The molecule has 154 valence electrons. The van der Waals surface area contributed by atoms with Crippen LogP contribution in [0.2, 0.25) is 5.02 Å². The van der Waals surface area contributed by atoms with Gasteiger partial charge in [0.1, 0.15) is 11.1 Å². The highest BCUT2D eigenvalue weighted by molar-refractivity contribution is 6.32. The van der Waals surface area contributed by atoms with Crippen molar-refractivity contribution in [3.8, 4) is 5.88 Å². The lowest BCUT2D eigenvalue weighted by atomic mass is 10.1. The number of pyridine rings is 1. The number of carbonyl (C=O) groups is 1. The molecule has 5 nitrogen and oxygen atoms in total. The van der Waals surface area contributed by atoms with E-state index in [9.17, 15) is 4.79 Å². The number of hydrogen-bond donors (Lipinski definition) is 0. The van der Waals surface area contributed by atoms with Gasteiger partial charge >= 0.3 is 0 Å². The Balaban J connectivity index is 1.57. The smallest absolute Gasteiger partial charge is 0.260 e. The normalized spacial score (nSPS) is 14.3. The minimum absolute atomic E-state index is 0.0317. The number of halogens is 1. The molecule has 1 aliphatic heterocycles. The highest BCUT2D eigenvalue weighted by atomic mass is 35.5. The lowest BCUT2D eigenvalue weighted by molar-refractivity contribution is 0.0238. The predicted octanol–water partition coefficient (Wildman–Crippen LogP) is 5.14. The minimum Gasteiger partial charge on any atom is -0.473 e. The van der Waals surface area contributed by atoms with Gasteiger partial charge in [0.2, 0.25) is 5.88 Å². The summed E-state index contributed by atoms with van der Waals surface area (Å²) in [6.45, 7) is 1.79. The molecule has 1 saturated heterocycles. The molecule has 0 saturated carbocycles. The Morgan fingerprint density at radius 1 is 1.07 bits per heavy atom. The molecule has 3 aromatic rings. The van der Waals surface area contributed by atoms with Crippen molar-refractivity contribution in [3.05, 3.63) is 89.1 Å². The van der Waals surface area contributed by atoms with Crippen LogP contribution in [0, 0.1) is 0 Å². The zero-order valence-electron chi connectivity index (χ0n) is 16.5. The number of para-hydroxylation sites is 1. The van der Waals surface area contributed by atoms with Gasteiger partial charge < -0.3 is 14.4 Å². The van der Waals surface area contributed by atoms with Crippen LogP contribution in [0.3, 0.4) is 0 Å². The second kappa shape index (κ2) is 9.74. The summed E-state index contributed by atoms with van der Waals surface area (Å²) in [6.07, 6.45) is 3.17. The van der Waals surface area contributed by atoms with Gasteiger partial charge in [0, 0.05) is 24.7 Å². The van der Waals surface area contributed by atoms with E-state index in [1.54, 1.807) is 11.0 Å². The van der Waals surface area contributed by atoms with Crippen LogP contribution in [0.5, 0.6) is 5.88 Å². The Hall–Kier alpha value is -2.89. The zero-order valence-corrected chi connectivity index (χ0v) is 17.3. The first-order valence-corrected chi connectivity index (χ1v) is 10.4. The fourth-order valence-electron chi connectivity index (χ4n) is 3.39. The summed E-state index contributed by atoms with van der Waals surface area (Å²) in [7, 11) is 0. The number of benzene rings is 2. The number of hydrogen-bond acceptors (Lipinski definition) is 4. The molecule has 2 aromatic carbocycles. The highest BCUT2D eigenvalue weighted by Crippen LogP contribution is 2.27. The van der Waals surface area contributed by atoms with E-state index in [1.165, 1.54) is 6.20 Å². The van der Waals surface area contributed by atoms with Gasteiger partial charge in [-0.2, -0.15) is 0 Å². The predicted molar refractivity (Wildman–Crippen MR) is 117 cm³/mol. The molecule has 2 heterocycles. The maximum Gasteiger partial charge on any atom is 0.260 e. The Labute approximate surface area is 181 Å². The number of nitrogens with zero attached hydrogens (tertiary/aromatic N) is 2. The van der Waals surface area contributed by atoms with E-state index < -0.39 is 0 Å². The summed E-state index contributed by atoms with van der Waals surface area (Å²) < 4.78 is 11.3. The van der Waals surface area contributed by atoms with Crippen LogP contribution in [0.4, 0.5) is 5.69 Å². The fourth-order valence-corrected chi connectivity index (χ4v) is 3.60. The third-order valence-corrected chi connectivity index (χ3v) is 5.27. The third-order valence-electron chi connectivity index (χ3n) is 5.00. The molecule has 0 radical (unpaired) electrons. The first-order valence-electron chi connectivity index (χ1n) is 10.0. The van der Waals surface area contributed by atoms with Gasteiger partial charge in [-0.15, -0.1) is 0 Å². The molecule has 4 rings (SSSR count). The summed E-state index contributed by atoms with van der Waals surface area (Å²) in [5.41, 5.74) is 2.26. The van der Waals surface area contributed by atoms with E-state index in [0.717, 1.165) is 24.1 Å².